The summed E-state index contributed by atoms with van der Waals surface area (Å²) in [5.74, 6) is -0.354. The van der Waals surface area contributed by atoms with Crippen LogP contribution < -0.4 is 0 Å². The average Bonchev–Trinajstić information content (AvgIpc) is 2.94. The maximum atomic E-state index is 11.7. The van der Waals surface area contributed by atoms with Gasteiger partial charge in [0.15, 0.2) is 0 Å². The van der Waals surface area contributed by atoms with Crippen LogP contribution >= 0.6 is 0 Å². The van der Waals surface area contributed by atoms with Crippen LogP contribution in [0.3, 0.4) is 0 Å². The minimum absolute atomic E-state index is 0.276. The van der Waals surface area contributed by atoms with E-state index in [4.69, 9.17) is 4.74 Å². The molecule has 0 N–H and O–H groups in total. The number of aryl methyl sites for hydroxylation is 3. The smallest absolute Gasteiger partial charge is 0.330 e. The first kappa shape index (κ1) is 15.0. The largest absolute Gasteiger partial charge is 0.461 e. The third-order valence-corrected chi connectivity index (χ3v) is 3.31. The molecule has 0 radical (unpaired) electrons. The van der Waals surface area contributed by atoms with Crippen molar-refractivity contribution < 1.29 is 9.53 Å². The standard InChI is InChI=1S/C16H19N3O2/c1-12-8-14(3)15(9-13(12)2)4-5-16(20)21-7-6-19-11-17-10-18-19/h4-5,8-11H,6-7H2,1-3H3/b5-4-. The second-order valence-corrected chi connectivity index (χ2v) is 4.95. The Kier molecular flexibility index (Phi) is 4.87. The molecule has 0 amide bonds. The Morgan fingerprint density at radius 1 is 1.24 bits per heavy atom. The van der Waals surface area contributed by atoms with E-state index in [9.17, 15) is 4.79 Å². The van der Waals surface area contributed by atoms with Gasteiger partial charge in [0.05, 0.1) is 6.54 Å². The van der Waals surface area contributed by atoms with Crippen molar-refractivity contribution in [3.8, 4) is 0 Å². The number of aromatic nitrogens is 3. The first-order chi connectivity index (χ1) is 10.1. The molecule has 5 nitrogen and oxygen atoms in total. The van der Waals surface area contributed by atoms with Crippen molar-refractivity contribution in [3.63, 3.8) is 0 Å². The van der Waals surface area contributed by atoms with Crippen molar-refractivity contribution in [1.82, 2.24) is 14.8 Å². The summed E-state index contributed by atoms with van der Waals surface area (Å²) in [6.07, 6.45) is 6.28. The fourth-order valence-corrected chi connectivity index (χ4v) is 1.96. The van der Waals surface area contributed by atoms with Crippen LogP contribution in [0, 0.1) is 20.8 Å². The van der Waals surface area contributed by atoms with Crippen molar-refractivity contribution in [3.05, 3.63) is 53.1 Å². The van der Waals surface area contributed by atoms with E-state index in [2.05, 4.69) is 36.1 Å². The molecule has 0 bridgehead atoms. The van der Waals surface area contributed by atoms with Crippen LogP contribution in [0.5, 0.6) is 0 Å². The number of esters is 1. The minimum Gasteiger partial charge on any atom is -0.461 e. The molecule has 110 valence electrons. The fourth-order valence-electron chi connectivity index (χ4n) is 1.96. The van der Waals surface area contributed by atoms with E-state index in [1.54, 1.807) is 17.1 Å². The Morgan fingerprint density at radius 3 is 2.71 bits per heavy atom. The zero-order valence-corrected chi connectivity index (χ0v) is 12.5. The van der Waals surface area contributed by atoms with Gasteiger partial charge in [0, 0.05) is 6.08 Å². The third-order valence-electron chi connectivity index (χ3n) is 3.31. The normalized spacial score (nSPS) is 11.0. The molecule has 1 aromatic carbocycles. The Balaban J connectivity index is 1.88. The van der Waals surface area contributed by atoms with E-state index in [0.29, 0.717) is 6.54 Å². The van der Waals surface area contributed by atoms with Crippen molar-refractivity contribution >= 4 is 12.0 Å². The van der Waals surface area contributed by atoms with E-state index in [-0.39, 0.29) is 12.6 Å². The van der Waals surface area contributed by atoms with E-state index in [0.717, 1.165) is 11.1 Å². The average molecular weight is 285 g/mol. The molecular formula is C16H19N3O2. The number of hydrogen-bond acceptors (Lipinski definition) is 4. The van der Waals surface area contributed by atoms with Crippen LogP contribution in [0.15, 0.2) is 30.9 Å². The molecule has 0 aliphatic heterocycles. The quantitative estimate of drug-likeness (QED) is 0.625. The van der Waals surface area contributed by atoms with Gasteiger partial charge >= 0.3 is 5.97 Å². The summed E-state index contributed by atoms with van der Waals surface area (Å²) in [5, 5.41) is 3.93. The van der Waals surface area contributed by atoms with E-state index >= 15 is 0 Å². The summed E-state index contributed by atoms with van der Waals surface area (Å²) < 4.78 is 6.73. The predicted molar refractivity (Wildman–Crippen MR) is 80.7 cm³/mol. The molecule has 0 fully saturated rings. The summed E-state index contributed by atoms with van der Waals surface area (Å²) in [5.41, 5.74) is 4.64. The maximum absolute atomic E-state index is 11.7. The maximum Gasteiger partial charge on any atom is 0.330 e. The molecule has 21 heavy (non-hydrogen) atoms. The molecule has 0 aliphatic carbocycles. The summed E-state index contributed by atoms with van der Waals surface area (Å²) in [7, 11) is 0. The predicted octanol–water partition coefficient (Wildman–Crippen LogP) is 2.46. The first-order valence-corrected chi connectivity index (χ1v) is 6.81. The lowest BCUT2D eigenvalue weighted by atomic mass is 10.0. The first-order valence-electron chi connectivity index (χ1n) is 6.81. The lowest BCUT2D eigenvalue weighted by molar-refractivity contribution is -0.138. The molecular weight excluding hydrogens is 266 g/mol. The zero-order valence-electron chi connectivity index (χ0n) is 12.5. The van der Waals surface area contributed by atoms with Crippen LogP contribution in [0.1, 0.15) is 22.3 Å². The van der Waals surface area contributed by atoms with Crippen LogP contribution in [-0.2, 0) is 16.1 Å². The highest BCUT2D eigenvalue weighted by Gasteiger charge is 2.01. The van der Waals surface area contributed by atoms with Crippen LogP contribution in [-0.4, -0.2) is 27.3 Å². The molecule has 0 unspecified atom stereocenters. The van der Waals surface area contributed by atoms with Gasteiger partial charge in [0.25, 0.3) is 0 Å². The Morgan fingerprint density at radius 2 is 2.00 bits per heavy atom. The molecule has 1 aromatic heterocycles. The van der Waals surface area contributed by atoms with Gasteiger partial charge in [0.2, 0.25) is 0 Å². The Hall–Kier alpha value is -2.43. The van der Waals surface area contributed by atoms with Crippen molar-refractivity contribution in [1.29, 1.82) is 0 Å². The topological polar surface area (TPSA) is 57.0 Å². The number of carbonyl (C=O) groups is 1. The van der Waals surface area contributed by atoms with Gasteiger partial charge in [-0.3, -0.25) is 0 Å². The van der Waals surface area contributed by atoms with Crippen molar-refractivity contribution in [2.75, 3.05) is 6.61 Å². The number of carbonyl (C=O) groups excluding carboxylic acids is 1. The molecule has 0 spiro atoms. The molecule has 5 heteroatoms. The van der Waals surface area contributed by atoms with Crippen LogP contribution in [0.2, 0.25) is 0 Å². The molecule has 0 saturated heterocycles. The SMILES string of the molecule is Cc1cc(C)c(/C=C\C(=O)OCCn2cncn2)cc1C. The number of nitrogens with zero attached hydrogens (tertiary/aromatic N) is 3. The molecule has 0 saturated carbocycles. The minimum atomic E-state index is -0.354. The van der Waals surface area contributed by atoms with Crippen LogP contribution in [0.25, 0.3) is 6.08 Å². The van der Waals surface area contributed by atoms with E-state index in [1.807, 2.05) is 6.92 Å². The Bertz CT molecular complexity index is 646. The summed E-state index contributed by atoms with van der Waals surface area (Å²) >= 11 is 0. The second-order valence-electron chi connectivity index (χ2n) is 4.95. The van der Waals surface area contributed by atoms with Gasteiger partial charge < -0.3 is 4.74 Å². The monoisotopic (exact) mass is 285 g/mol. The lowest BCUT2D eigenvalue weighted by Crippen LogP contribution is -2.09. The fraction of sp³-hybridized carbons (Fsp3) is 0.312. The summed E-state index contributed by atoms with van der Waals surface area (Å²) in [4.78, 5) is 15.5. The van der Waals surface area contributed by atoms with Gasteiger partial charge in [-0.25, -0.2) is 14.5 Å². The van der Waals surface area contributed by atoms with Gasteiger partial charge in [-0.05, 0) is 49.1 Å². The number of ether oxygens (including phenoxy) is 1. The number of rotatable bonds is 5. The third kappa shape index (κ3) is 4.27. The van der Waals surface area contributed by atoms with Gasteiger partial charge in [0.1, 0.15) is 19.3 Å². The summed E-state index contributed by atoms with van der Waals surface area (Å²) in [6, 6.07) is 4.19. The number of hydrogen-bond donors (Lipinski definition) is 0. The van der Waals surface area contributed by atoms with Crippen molar-refractivity contribution in [2.45, 2.75) is 27.3 Å². The molecule has 0 atom stereocenters. The Labute approximate surface area is 124 Å². The van der Waals surface area contributed by atoms with Gasteiger partial charge in [-0.2, -0.15) is 5.10 Å². The van der Waals surface area contributed by atoms with Crippen molar-refractivity contribution in [2.24, 2.45) is 0 Å². The second kappa shape index (κ2) is 6.83. The molecule has 0 aliphatic rings. The van der Waals surface area contributed by atoms with E-state index in [1.165, 1.54) is 23.5 Å². The highest BCUT2D eigenvalue weighted by Crippen LogP contribution is 2.16. The van der Waals surface area contributed by atoms with E-state index < -0.39 is 0 Å². The molecule has 2 rings (SSSR count). The van der Waals surface area contributed by atoms with Crippen LogP contribution in [0.4, 0.5) is 0 Å². The molecule has 2 aromatic rings. The molecule has 1 heterocycles. The lowest BCUT2D eigenvalue weighted by Gasteiger charge is -2.06. The zero-order chi connectivity index (χ0) is 15.2. The van der Waals surface area contributed by atoms with Gasteiger partial charge in [-0.15, -0.1) is 0 Å². The highest BCUT2D eigenvalue weighted by molar-refractivity contribution is 5.87. The highest BCUT2D eigenvalue weighted by atomic mass is 16.5. The van der Waals surface area contributed by atoms with Gasteiger partial charge in [-0.1, -0.05) is 12.1 Å². The number of benzene rings is 1. The summed E-state index contributed by atoms with van der Waals surface area (Å²) in [6.45, 7) is 6.94.